The molecule has 0 amide bonds. The molecule has 7 atom stereocenters. The summed E-state index contributed by atoms with van der Waals surface area (Å²) in [5, 5.41) is 9.32. The first-order valence-corrected chi connectivity index (χ1v) is 8.40. The molecule has 0 radical (unpaired) electrons. The molecule has 21 heavy (non-hydrogen) atoms. The van der Waals surface area contributed by atoms with Crippen LogP contribution < -0.4 is 4.74 Å². The van der Waals surface area contributed by atoms with Crippen LogP contribution in [0.25, 0.3) is 0 Å². The van der Waals surface area contributed by atoms with Gasteiger partial charge in [0.15, 0.2) is 0 Å². The van der Waals surface area contributed by atoms with Crippen molar-refractivity contribution in [2.24, 2.45) is 41.4 Å². The molecule has 0 saturated heterocycles. The zero-order valence-electron chi connectivity index (χ0n) is 12.2. The Labute approximate surface area is 125 Å². The first-order valence-electron chi connectivity index (χ1n) is 8.40. The lowest BCUT2D eigenvalue weighted by Gasteiger charge is -2.36. The van der Waals surface area contributed by atoms with Crippen molar-refractivity contribution in [2.75, 3.05) is 6.61 Å². The Morgan fingerprint density at radius 2 is 1.71 bits per heavy atom. The topological polar surface area (TPSA) is 29.5 Å². The van der Waals surface area contributed by atoms with Gasteiger partial charge in [-0.15, -0.1) is 0 Å². The third-order valence-electron chi connectivity index (χ3n) is 6.71. The minimum atomic E-state index is 0.305. The molecule has 4 bridgehead atoms. The van der Waals surface area contributed by atoms with Gasteiger partial charge in [0.05, 0.1) is 6.61 Å². The standard InChI is InChI=1S/C19H22O2/c20-15-3-5-16(6-4-15)21-10-14-8-13-9-17(14)19-12-2-1-11(7-12)18(13)19/h1-6,11-14,17-20H,7-10H2. The van der Waals surface area contributed by atoms with Gasteiger partial charge >= 0.3 is 0 Å². The van der Waals surface area contributed by atoms with Gasteiger partial charge < -0.3 is 9.84 Å². The Hall–Kier alpha value is -1.44. The van der Waals surface area contributed by atoms with E-state index in [-0.39, 0.29) is 0 Å². The number of fused-ring (bicyclic) bond motifs is 9. The molecule has 1 aromatic rings. The molecular formula is C19H22O2. The van der Waals surface area contributed by atoms with E-state index in [1.165, 1.54) is 19.3 Å². The fraction of sp³-hybridized carbons (Fsp3) is 0.579. The van der Waals surface area contributed by atoms with Gasteiger partial charge in [-0.25, -0.2) is 0 Å². The molecule has 0 aliphatic heterocycles. The third kappa shape index (κ3) is 1.71. The normalized spacial score (nSPS) is 45.2. The van der Waals surface area contributed by atoms with E-state index in [1.807, 2.05) is 12.1 Å². The summed E-state index contributed by atoms with van der Waals surface area (Å²) < 4.78 is 6.00. The predicted octanol–water partition coefficient (Wildman–Crippen LogP) is 3.87. The lowest BCUT2D eigenvalue weighted by Crippen LogP contribution is -2.33. The second-order valence-corrected chi connectivity index (χ2v) is 7.56. The maximum atomic E-state index is 9.32. The Morgan fingerprint density at radius 1 is 0.952 bits per heavy atom. The molecule has 1 N–H and O–H groups in total. The van der Waals surface area contributed by atoms with E-state index >= 15 is 0 Å². The van der Waals surface area contributed by atoms with Crippen molar-refractivity contribution in [1.82, 2.24) is 0 Å². The van der Waals surface area contributed by atoms with Crippen LogP contribution in [0, 0.1) is 41.4 Å². The average Bonchev–Trinajstić information content (AvgIpc) is 3.25. The number of allylic oxidation sites excluding steroid dienone is 2. The van der Waals surface area contributed by atoms with Crippen LogP contribution in [0.15, 0.2) is 36.4 Å². The van der Waals surface area contributed by atoms with E-state index < -0.39 is 0 Å². The first kappa shape index (κ1) is 12.1. The quantitative estimate of drug-likeness (QED) is 0.673. The van der Waals surface area contributed by atoms with Crippen LogP contribution in [0.3, 0.4) is 0 Å². The number of phenolic OH excluding ortho intramolecular Hbond substituents is 1. The van der Waals surface area contributed by atoms with Crippen LogP contribution in [0.2, 0.25) is 0 Å². The lowest BCUT2D eigenvalue weighted by molar-refractivity contribution is 0.109. The molecule has 4 aliphatic carbocycles. The lowest BCUT2D eigenvalue weighted by atomic mass is 9.69. The highest BCUT2D eigenvalue weighted by Crippen LogP contribution is 2.66. The van der Waals surface area contributed by atoms with Crippen molar-refractivity contribution in [3.8, 4) is 11.5 Å². The SMILES string of the molecule is Oc1ccc(OCC2CC3CC2C2C4C=CC(C4)C32)cc1. The van der Waals surface area contributed by atoms with Gasteiger partial charge in [-0.1, -0.05) is 12.2 Å². The van der Waals surface area contributed by atoms with Gasteiger partial charge in [-0.3, -0.25) is 0 Å². The molecule has 0 heterocycles. The third-order valence-corrected chi connectivity index (χ3v) is 6.71. The fourth-order valence-corrected chi connectivity index (χ4v) is 6.09. The summed E-state index contributed by atoms with van der Waals surface area (Å²) in [5.41, 5.74) is 0. The fourth-order valence-electron chi connectivity index (χ4n) is 6.09. The summed E-state index contributed by atoms with van der Waals surface area (Å²) in [6.45, 7) is 0.857. The van der Waals surface area contributed by atoms with Crippen LogP contribution in [-0.2, 0) is 0 Å². The van der Waals surface area contributed by atoms with Gasteiger partial charge in [-0.2, -0.15) is 0 Å². The molecule has 110 valence electrons. The second-order valence-electron chi connectivity index (χ2n) is 7.56. The van der Waals surface area contributed by atoms with E-state index in [0.717, 1.165) is 53.8 Å². The molecule has 0 aromatic heterocycles. The zero-order valence-corrected chi connectivity index (χ0v) is 12.2. The zero-order chi connectivity index (χ0) is 14.0. The van der Waals surface area contributed by atoms with E-state index in [1.54, 1.807) is 12.1 Å². The molecule has 3 fully saturated rings. The highest BCUT2D eigenvalue weighted by atomic mass is 16.5. The van der Waals surface area contributed by atoms with Crippen LogP contribution in [0.1, 0.15) is 19.3 Å². The first-order chi connectivity index (χ1) is 10.3. The predicted molar refractivity (Wildman–Crippen MR) is 81.0 cm³/mol. The molecular weight excluding hydrogens is 260 g/mol. The largest absolute Gasteiger partial charge is 0.508 e. The number of ether oxygens (including phenoxy) is 1. The summed E-state index contributed by atoms with van der Waals surface area (Å²) in [7, 11) is 0. The Morgan fingerprint density at radius 3 is 2.52 bits per heavy atom. The molecule has 3 saturated carbocycles. The molecule has 5 rings (SSSR count). The molecule has 7 unspecified atom stereocenters. The van der Waals surface area contributed by atoms with Gasteiger partial charge in [-0.05, 0) is 85.0 Å². The summed E-state index contributed by atoms with van der Waals surface area (Å²) >= 11 is 0. The number of phenols is 1. The van der Waals surface area contributed by atoms with Gasteiger partial charge in [0.2, 0.25) is 0 Å². The number of rotatable bonds is 3. The number of hydrogen-bond acceptors (Lipinski definition) is 2. The van der Waals surface area contributed by atoms with E-state index in [4.69, 9.17) is 4.74 Å². The maximum absolute atomic E-state index is 9.32. The van der Waals surface area contributed by atoms with Crippen molar-refractivity contribution in [3.63, 3.8) is 0 Å². The van der Waals surface area contributed by atoms with Crippen LogP contribution >= 0.6 is 0 Å². The number of hydrogen-bond donors (Lipinski definition) is 1. The van der Waals surface area contributed by atoms with Crippen LogP contribution in [0.5, 0.6) is 11.5 Å². The molecule has 1 aromatic carbocycles. The second kappa shape index (κ2) is 4.28. The van der Waals surface area contributed by atoms with Crippen molar-refractivity contribution < 1.29 is 9.84 Å². The molecule has 2 nitrogen and oxygen atoms in total. The Balaban J connectivity index is 1.28. The average molecular weight is 282 g/mol. The van der Waals surface area contributed by atoms with Crippen LogP contribution in [-0.4, -0.2) is 11.7 Å². The minimum absolute atomic E-state index is 0.305. The maximum Gasteiger partial charge on any atom is 0.119 e. The van der Waals surface area contributed by atoms with Gasteiger partial charge in [0.1, 0.15) is 11.5 Å². The summed E-state index contributed by atoms with van der Waals surface area (Å²) in [4.78, 5) is 0. The van der Waals surface area contributed by atoms with Gasteiger partial charge in [0, 0.05) is 0 Å². The highest BCUT2D eigenvalue weighted by Gasteiger charge is 2.60. The smallest absolute Gasteiger partial charge is 0.119 e. The van der Waals surface area contributed by atoms with Crippen molar-refractivity contribution in [2.45, 2.75) is 19.3 Å². The monoisotopic (exact) mass is 282 g/mol. The molecule has 2 heteroatoms. The van der Waals surface area contributed by atoms with E-state index in [2.05, 4.69) is 12.2 Å². The number of benzene rings is 1. The number of aromatic hydroxyl groups is 1. The van der Waals surface area contributed by atoms with Crippen molar-refractivity contribution in [1.29, 1.82) is 0 Å². The summed E-state index contributed by atoms with van der Waals surface area (Å²) in [6, 6.07) is 7.14. The minimum Gasteiger partial charge on any atom is -0.508 e. The van der Waals surface area contributed by atoms with E-state index in [9.17, 15) is 5.11 Å². The van der Waals surface area contributed by atoms with E-state index in [0.29, 0.717) is 5.75 Å². The summed E-state index contributed by atoms with van der Waals surface area (Å²) in [5.74, 6) is 7.57. The highest BCUT2D eigenvalue weighted by molar-refractivity contribution is 5.30. The van der Waals surface area contributed by atoms with Gasteiger partial charge in [0.25, 0.3) is 0 Å². The molecule has 0 spiro atoms. The van der Waals surface area contributed by atoms with Crippen LogP contribution in [0.4, 0.5) is 0 Å². The molecule has 4 aliphatic rings. The summed E-state index contributed by atoms with van der Waals surface area (Å²) in [6.07, 6.45) is 9.28. The Kier molecular flexibility index (Phi) is 2.47. The Bertz CT molecular complexity index is 576. The van der Waals surface area contributed by atoms with Crippen molar-refractivity contribution in [3.05, 3.63) is 36.4 Å². The van der Waals surface area contributed by atoms with Crippen molar-refractivity contribution >= 4 is 0 Å².